The minimum Gasteiger partial charge on any atom is -0.481 e. The lowest BCUT2D eigenvalue weighted by molar-refractivity contribution is -0.146. The second kappa shape index (κ2) is 6.77. The number of likely N-dealkylation sites (tertiary alicyclic amines) is 1. The molecule has 5 nitrogen and oxygen atoms in total. The van der Waals surface area contributed by atoms with Gasteiger partial charge in [-0.3, -0.25) is 9.59 Å². The Balaban J connectivity index is 1.88. The highest BCUT2D eigenvalue weighted by Crippen LogP contribution is 2.34. The van der Waals surface area contributed by atoms with Crippen LogP contribution in [0.15, 0.2) is 0 Å². The van der Waals surface area contributed by atoms with Gasteiger partial charge in [-0.1, -0.05) is 13.3 Å². The van der Waals surface area contributed by atoms with E-state index in [0.29, 0.717) is 12.8 Å². The molecule has 0 aromatic rings. The summed E-state index contributed by atoms with van der Waals surface area (Å²) in [5.74, 6) is -1.01. The van der Waals surface area contributed by atoms with Crippen molar-refractivity contribution < 1.29 is 19.4 Å². The largest absolute Gasteiger partial charge is 0.481 e. The lowest BCUT2D eigenvalue weighted by Gasteiger charge is -2.40. The summed E-state index contributed by atoms with van der Waals surface area (Å²) >= 11 is 0. The fourth-order valence-corrected chi connectivity index (χ4v) is 3.66. The summed E-state index contributed by atoms with van der Waals surface area (Å²) in [6.07, 6.45) is 4.84. The topological polar surface area (TPSA) is 66.8 Å². The van der Waals surface area contributed by atoms with Gasteiger partial charge in [-0.15, -0.1) is 0 Å². The molecule has 1 heterocycles. The van der Waals surface area contributed by atoms with Crippen molar-refractivity contribution in [2.24, 2.45) is 17.3 Å². The Kier molecular flexibility index (Phi) is 5.25. The molecule has 2 fully saturated rings. The molecule has 1 aliphatic heterocycles. The normalized spacial score (nSPS) is 29.1. The van der Waals surface area contributed by atoms with Crippen molar-refractivity contribution in [2.75, 3.05) is 26.8 Å². The third-order valence-corrected chi connectivity index (χ3v) is 5.15. The zero-order chi connectivity index (χ0) is 15.5. The zero-order valence-electron chi connectivity index (χ0n) is 13.1. The first kappa shape index (κ1) is 16.3. The number of carbonyl (C=O) groups is 2. The van der Waals surface area contributed by atoms with Crippen LogP contribution in [-0.4, -0.2) is 48.7 Å². The fourth-order valence-electron chi connectivity index (χ4n) is 3.66. The van der Waals surface area contributed by atoms with Gasteiger partial charge in [0.2, 0.25) is 5.91 Å². The molecule has 1 aliphatic carbocycles. The molecule has 0 radical (unpaired) electrons. The van der Waals surface area contributed by atoms with Crippen LogP contribution in [0.1, 0.15) is 45.4 Å². The number of hydrogen-bond donors (Lipinski definition) is 1. The first-order valence-corrected chi connectivity index (χ1v) is 7.96. The number of aliphatic carboxylic acids is 1. The minimum atomic E-state index is -0.751. The number of carboxylic acid groups (broad SMARTS) is 1. The number of methoxy groups -OCH3 is 1. The molecule has 1 saturated carbocycles. The highest BCUT2D eigenvalue weighted by atomic mass is 16.5. The van der Waals surface area contributed by atoms with Crippen LogP contribution in [0.2, 0.25) is 0 Å². The third-order valence-electron chi connectivity index (χ3n) is 5.15. The molecule has 21 heavy (non-hydrogen) atoms. The van der Waals surface area contributed by atoms with Crippen molar-refractivity contribution in [3.8, 4) is 0 Å². The number of carboxylic acids is 1. The van der Waals surface area contributed by atoms with E-state index in [-0.39, 0.29) is 23.2 Å². The number of piperidine rings is 1. The number of amides is 1. The van der Waals surface area contributed by atoms with Crippen molar-refractivity contribution in [1.29, 1.82) is 0 Å². The average Bonchev–Trinajstić information content (AvgIpc) is 2.47. The van der Waals surface area contributed by atoms with Crippen molar-refractivity contribution in [2.45, 2.75) is 45.4 Å². The van der Waals surface area contributed by atoms with Crippen molar-refractivity contribution in [1.82, 2.24) is 4.90 Å². The van der Waals surface area contributed by atoms with Gasteiger partial charge in [-0.25, -0.2) is 0 Å². The van der Waals surface area contributed by atoms with Gasteiger partial charge >= 0.3 is 5.97 Å². The van der Waals surface area contributed by atoms with Crippen LogP contribution < -0.4 is 0 Å². The minimum absolute atomic E-state index is 0.0911. The van der Waals surface area contributed by atoms with Gasteiger partial charge in [-0.05, 0) is 37.5 Å². The first-order chi connectivity index (χ1) is 9.95. The number of ether oxygens (including phenoxy) is 1. The number of nitrogens with zero attached hydrogens (tertiary/aromatic N) is 1. The van der Waals surface area contributed by atoms with Crippen molar-refractivity contribution in [3.05, 3.63) is 0 Å². The van der Waals surface area contributed by atoms with Crippen molar-refractivity contribution in [3.63, 3.8) is 0 Å². The zero-order valence-corrected chi connectivity index (χ0v) is 13.1. The van der Waals surface area contributed by atoms with E-state index in [1.165, 1.54) is 0 Å². The van der Waals surface area contributed by atoms with Gasteiger partial charge in [0.25, 0.3) is 0 Å². The Hall–Kier alpha value is -1.10. The summed E-state index contributed by atoms with van der Waals surface area (Å²) in [6.45, 7) is 4.48. The van der Waals surface area contributed by atoms with E-state index in [0.717, 1.165) is 45.4 Å². The van der Waals surface area contributed by atoms with Crippen LogP contribution >= 0.6 is 0 Å². The van der Waals surface area contributed by atoms with Crippen LogP contribution in [0.25, 0.3) is 0 Å². The molecule has 0 spiro atoms. The number of carbonyl (C=O) groups excluding carboxylic acids is 1. The van der Waals surface area contributed by atoms with E-state index in [1.807, 2.05) is 4.90 Å². The average molecular weight is 297 g/mol. The Bertz CT molecular complexity index is 388. The number of hydrogen-bond acceptors (Lipinski definition) is 3. The van der Waals surface area contributed by atoms with Crippen LogP contribution in [0.5, 0.6) is 0 Å². The summed E-state index contributed by atoms with van der Waals surface area (Å²) in [6, 6.07) is 0. The van der Waals surface area contributed by atoms with E-state index < -0.39 is 5.97 Å². The second-order valence-corrected chi connectivity index (χ2v) is 6.97. The molecule has 1 amide bonds. The molecule has 1 saturated heterocycles. The molecular formula is C16H27NO4. The van der Waals surface area contributed by atoms with E-state index >= 15 is 0 Å². The summed E-state index contributed by atoms with van der Waals surface area (Å²) < 4.78 is 5.27. The van der Waals surface area contributed by atoms with Gasteiger partial charge in [0.15, 0.2) is 0 Å². The van der Waals surface area contributed by atoms with Crippen molar-refractivity contribution >= 4 is 11.9 Å². The van der Waals surface area contributed by atoms with E-state index in [1.54, 1.807) is 7.11 Å². The smallest absolute Gasteiger partial charge is 0.306 e. The van der Waals surface area contributed by atoms with Crippen LogP contribution in [0, 0.1) is 17.3 Å². The van der Waals surface area contributed by atoms with Gasteiger partial charge in [0.05, 0.1) is 12.5 Å². The van der Waals surface area contributed by atoms with E-state index in [4.69, 9.17) is 9.84 Å². The monoisotopic (exact) mass is 297 g/mol. The van der Waals surface area contributed by atoms with Gasteiger partial charge in [0, 0.05) is 26.1 Å². The molecular weight excluding hydrogens is 270 g/mol. The second-order valence-electron chi connectivity index (χ2n) is 6.97. The number of rotatable bonds is 4. The lowest BCUT2D eigenvalue weighted by Crippen LogP contribution is -2.46. The maximum absolute atomic E-state index is 12.6. The lowest BCUT2D eigenvalue weighted by atomic mass is 9.78. The quantitative estimate of drug-likeness (QED) is 0.863. The molecule has 0 bridgehead atoms. The van der Waals surface area contributed by atoms with Crippen LogP contribution in [0.3, 0.4) is 0 Å². The van der Waals surface area contributed by atoms with Crippen LogP contribution in [-0.2, 0) is 14.3 Å². The predicted octanol–water partition coefficient (Wildman–Crippen LogP) is 2.15. The van der Waals surface area contributed by atoms with E-state index in [2.05, 4.69) is 6.92 Å². The van der Waals surface area contributed by atoms with Gasteiger partial charge in [0.1, 0.15) is 0 Å². The molecule has 0 aromatic heterocycles. The molecule has 5 heteroatoms. The first-order valence-electron chi connectivity index (χ1n) is 7.96. The predicted molar refractivity (Wildman–Crippen MR) is 78.9 cm³/mol. The fraction of sp³-hybridized carbons (Fsp3) is 0.875. The summed E-state index contributed by atoms with van der Waals surface area (Å²) in [5, 5.41) is 9.14. The molecule has 1 N–H and O–H groups in total. The van der Waals surface area contributed by atoms with Gasteiger partial charge in [-0.2, -0.15) is 0 Å². The highest BCUT2D eigenvalue weighted by Gasteiger charge is 2.37. The Morgan fingerprint density at radius 3 is 2.43 bits per heavy atom. The molecule has 2 aliphatic rings. The van der Waals surface area contributed by atoms with Crippen LogP contribution in [0.4, 0.5) is 0 Å². The van der Waals surface area contributed by atoms with Gasteiger partial charge < -0.3 is 14.7 Å². The molecule has 2 rings (SSSR count). The SMILES string of the molecule is COCC1(C)CCN(C(=O)C2CCCC(C(=O)O)C2)CC1. The Morgan fingerprint density at radius 1 is 1.24 bits per heavy atom. The summed E-state index contributed by atoms with van der Waals surface area (Å²) in [4.78, 5) is 25.6. The summed E-state index contributed by atoms with van der Waals surface area (Å²) in [5.41, 5.74) is 0.168. The maximum Gasteiger partial charge on any atom is 0.306 e. The highest BCUT2D eigenvalue weighted by molar-refractivity contribution is 5.80. The molecule has 0 aromatic carbocycles. The molecule has 2 unspecified atom stereocenters. The Labute approximate surface area is 126 Å². The molecule has 120 valence electrons. The summed E-state index contributed by atoms with van der Waals surface area (Å²) in [7, 11) is 1.72. The Morgan fingerprint density at radius 2 is 1.86 bits per heavy atom. The standard InChI is InChI=1S/C16H27NO4/c1-16(11-21-2)6-8-17(9-7-16)14(18)12-4-3-5-13(10-12)15(19)20/h12-13H,3-11H2,1-2H3,(H,19,20). The third kappa shape index (κ3) is 3.96. The maximum atomic E-state index is 12.6. The van der Waals surface area contributed by atoms with E-state index in [9.17, 15) is 9.59 Å². The molecule has 2 atom stereocenters.